The molecule has 2 heterocycles. The lowest BCUT2D eigenvalue weighted by Gasteiger charge is -2.25. The first-order chi connectivity index (χ1) is 7.98. The second kappa shape index (κ2) is 4.41. The average molecular weight is 245 g/mol. The SMILES string of the molecule is CC1(C)O[C@H]2O[C@@H]([C@H](CO)N=[N+]=[N-])[C@H](O)[C@H]2O1. The molecule has 8 heteroatoms. The molecule has 0 aromatic rings. The largest absolute Gasteiger partial charge is 0.396 e. The van der Waals surface area contributed by atoms with Crippen molar-refractivity contribution in [3.63, 3.8) is 0 Å². The van der Waals surface area contributed by atoms with E-state index in [0.29, 0.717) is 0 Å². The normalized spacial score (nSPS) is 40.7. The molecule has 2 rings (SSSR count). The lowest BCUT2D eigenvalue weighted by Crippen LogP contribution is -2.41. The van der Waals surface area contributed by atoms with E-state index < -0.39 is 43.0 Å². The van der Waals surface area contributed by atoms with Gasteiger partial charge in [-0.05, 0) is 19.4 Å². The number of hydrogen-bond donors (Lipinski definition) is 2. The van der Waals surface area contributed by atoms with Crippen LogP contribution in [0.1, 0.15) is 13.8 Å². The van der Waals surface area contributed by atoms with Gasteiger partial charge in [-0.2, -0.15) is 0 Å². The van der Waals surface area contributed by atoms with Crippen LogP contribution < -0.4 is 0 Å². The minimum atomic E-state index is -0.996. The van der Waals surface area contributed by atoms with Crippen molar-refractivity contribution in [3.05, 3.63) is 10.4 Å². The van der Waals surface area contributed by atoms with Crippen molar-refractivity contribution >= 4 is 0 Å². The zero-order valence-corrected chi connectivity index (χ0v) is 9.55. The van der Waals surface area contributed by atoms with Gasteiger partial charge in [-0.25, -0.2) is 0 Å². The molecule has 0 aliphatic carbocycles. The Balaban J connectivity index is 2.09. The molecule has 2 N–H and O–H groups in total. The van der Waals surface area contributed by atoms with E-state index in [-0.39, 0.29) is 0 Å². The molecule has 17 heavy (non-hydrogen) atoms. The van der Waals surface area contributed by atoms with Crippen molar-refractivity contribution in [2.45, 2.75) is 50.3 Å². The first-order valence-electron chi connectivity index (χ1n) is 5.33. The van der Waals surface area contributed by atoms with E-state index in [1.54, 1.807) is 13.8 Å². The number of nitrogens with zero attached hydrogens (tertiary/aromatic N) is 3. The molecule has 0 bridgehead atoms. The van der Waals surface area contributed by atoms with Crippen LogP contribution in [0, 0.1) is 0 Å². The van der Waals surface area contributed by atoms with Gasteiger partial charge >= 0.3 is 0 Å². The maximum atomic E-state index is 10.00. The Bertz CT molecular complexity index is 344. The molecule has 0 aromatic carbocycles. The number of fused-ring (bicyclic) bond motifs is 1. The molecule has 8 nitrogen and oxygen atoms in total. The number of rotatable bonds is 3. The number of ether oxygens (including phenoxy) is 3. The summed E-state index contributed by atoms with van der Waals surface area (Å²) in [4.78, 5) is 2.60. The quantitative estimate of drug-likeness (QED) is 0.409. The van der Waals surface area contributed by atoms with Crippen molar-refractivity contribution in [1.82, 2.24) is 0 Å². The second-order valence-electron chi connectivity index (χ2n) is 4.51. The van der Waals surface area contributed by atoms with Crippen molar-refractivity contribution in [2.75, 3.05) is 6.61 Å². The minimum Gasteiger partial charge on any atom is -0.396 e. The fourth-order valence-electron chi connectivity index (χ4n) is 2.11. The molecule has 0 saturated carbocycles. The molecule has 2 aliphatic rings. The van der Waals surface area contributed by atoms with Gasteiger partial charge in [0.2, 0.25) is 0 Å². The summed E-state index contributed by atoms with van der Waals surface area (Å²) >= 11 is 0. The highest BCUT2D eigenvalue weighted by atomic mass is 16.8. The van der Waals surface area contributed by atoms with Crippen molar-refractivity contribution in [3.8, 4) is 0 Å². The van der Waals surface area contributed by atoms with Crippen LogP contribution in [0.3, 0.4) is 0 Å². The smallest absolute Gasteiger partial charge is 0.190 e. The van der Waals surface area contributed by atoms with E-state index in [9.17, 15) is 5.11 Å². The summed E-state index contributed by atoms with van der Waals surface area (Å²) in [5, 5.41) is 22.4. The summed E-state index contributed by atoms with van der Waals surface area (Å²) < 4.78 is 16.3. The molecule has 5 atom stereocenters. The summed E-state index contributed by atoms with van der Waals surface area (Å²) in [5.41, 5.74) is 8.35. The van der Waals surface area contributed by atoms with Gasteiger partial charge in [0.15, 0.2) is 12.1 Å². The Labute approximate surface area is 97.7 Å². The van der Waals surface area contributed by atoms with Gasteiger partial charge in [0.05, 0.1) is 12.6 Å². The third kappa shape index (κ3) is 2.23. The topological polar surface area (TPSA) is 117 Å². The Morgan fingerprint density at radius 2 is 2.18 bits per heavy atom. The van der Waals surface area contributed by atoms with Crippen molar-refractivity contribution in [2.24, 2.45) is 5.11 Å². The predicted molar refractivity (Wildman–Crippen MR) is 54.7 cm³/mol. The molecular weight excluding hydrogens is 230 g/mol. The van der Waals surface area contributed by atoms with Crippen LogP contribution in [0.2, 0.25) is 0 Å². The minimum absolute atomic E-state index is 0.408. The maximum Gasteiger partial charge on any atom is 0.190 e. The van der Waals surface area contributed by atoms with E-state index in [1.165, 1.54) is 0 Å². The Hall–Kier alpha value is -0.890. The van der Waals surface area contributed by atoms with Gasteiger partial charge in [-0.15, -0.1) is 0 Å². The molecule has 2 aliphatic heterocycles. The zero-order chi connectivity index (χ0) is 12.6. The van der Waals surface area contributed by atoms with E-state index in [0.717, 1.165) is 0 Å². The number of aliphatic hydroxyl groups is 2. The fraction of sp³-hybridized carbons (Fsp3) is 1.00. The van der Waals surface area contributed by atoms with Crippen molar-refractivity contribution < 1.29 is 24.4 Å². The maximum absolute atomic E-state index is 10.00. The third-order valence-electron chi connectivity index (χ3n) is 2.82. The monoisotopic (exact) mass is 245 g/mol. The van der Waals surface area contributed by atoms with E-state index in [1.807, 2.05) is 0 Å². The summed E-state index contributed by atoms with van der Waals surface area (Å²) in [6.45, 7) is 3.02. The Morgan fingerprint density at radius 3 is 2.71 bits per heavy atom. The van der Waals surface area contributed by atoms with Crippen LogP contribution in [0.25, 0.3) is 10.4 Å². The average Bonchev–Trinajstić information content (AvgIpc) is 2.70. The van der Waals surface area contributed by atoms with Gasteiger partial charge < -0.3 is 24.4 Å². The standard InChI is InChI=1S/C9H15N3O5/c1-9(2)16-7-5(14)6(15-8(7)17-9)4(3-13)11-12-10/h4-8,13-14H,3H2,1-2H3/t4-,5-,6-,7+,8+/m0/s1. The van der Waals surface area contributed by atoms with Crippen LogP contribution >= 0.6 is 0 Å². The van der Waals surface area contributed by atoms with Gasteiger partial charge in [0, 0.05) is 4.91 Å². The second-order valence-corrected chi connectivity index (χ2v) is 4.51. The molecule has 0 spiro atoms. The lowest BCUT2D eigenvalue weighted by atomic mass is 10.1. The van der Waals surface area contributed by atoms with Gasteiger partial charge in [0.25, 0.3) is 0 Å². The van der Waals surface area contributed by atoms with Crippen LogP contribution in [0.5, 0.6) is 0 Å². The Kier molecular flexibility index (Phi) is 3.26. The highest BCUT2D eigenvalue weighted by Crippen LogP contribution is 2.38. The molecule has 0 unspecified atom stereocenters. The van der Waals surface area contributed by atoms with Crippen LogP contribution in [-0.4, -0.2) is 53.3 Å². The molecular formula is C9H15N3O5. The predicted octanol–water partition coefficient (Wildman–Crippen LogP) is -0.105. The highest BCUT2D eigenvalue weighted by molar-refractivity contribution is 4.97. The molecule has 0 radical (unpaired) electrons. The summed E-state index contributed by atoms with van der Waals surface area (Å²) in [6.07, 6.45) is -3.14. The Morgan fingerprint density at radius 1 is 1.47 bits per heavy atom. The molecule has 0 aromatic heterocycles. The fourth-order valence-corrected chi connectivity index (χ4v) is 2.11. The van der Waals surface area contributed by atoms with Crippen LogP contribution in [-0.2, 0) is 14.2 Å². The van der Waals surface area contributed by atoms with E-state index in [2.05, 4.69) is 10.0 Å². The number of azide groups is 1. The summed E-state index contributed by atoms with van der Waals surface area (Å²) in [7, 11) is 0. The van der Waals surface area contributed by atoms with Crippen LogP contribution in [0.4, 0.5) is 0 Å². The zero-order valence-electron chi connectivity index (χ0n) is 9.55. The highest BCUT2D eigenvalue weighted by Gasteiger charge is 2.55. The first-order valence-corrected chi connectivity index (χ1v) is 5.33. The van der Waals surface area contributed by atoms with Crippen LogP contribution in [0.15, 0.2) is 5.11 Å². The summed E-state index contributed by atoms with van der Waals surface area (Å²) in [5.74, 6) is -0.811. The molecule has 0 amide bonds. The number of aliphatic hydroxyl groups excluding tert-OH is 2. The number of hydrogen-bond acceptors (Lipinski definition) is 6. The molecule has 96 valence electrons. The van der Waals surface area contributed by atoms with Crippen molar-refractivity contribution in [1.29, 1.82) is 0 Å². The lowest BCUT2D eigenvalue weighted by molar-refractivity contribution is -0.217. The third-order valence-corrected chi connectivity index (χ3v) is 2.82. The van der Waals surface area contributed by atoms with Gasteiger partial charge in [0.1, 0.15) is 18.3 Å². The molecule has 2 saturated heterocycles. The van der Waals surface area contributed by atoms with Gasteiger partial charge in [-0.3, -0.25) is 0 Å². The van der Waals surface area contributed by atoms with Gasteiger partial charge in [-0.1, -0.05) is 5.11 Å². The molecule has 2 fully saturated rings. The van der Waals surface area contributed by atoms with E-state index >= 15 is 0 Å². The summed E-state index contributed by atoms with van der Waals surface area (Å²) in [6, 6.07) is -0.851. The first kappa shape index (κ1) is 12.6. The van der Waals surface area contributed by atoms with E-state index in [4.69, 9.17) is 24.8 Å².